The van der Waals surface area contributed by atoms with Gasteiger partial charge in [0.1, 0.15) is 0 Å². The van der Waals surface area contributed by atoms with Crippen LogP contribution in [0.1, 0.15) is 25.7 Å². The average Bonchev–Trinajstić information content (AvgIpc) is 2.39. The molecule has 2 aliphatic heterocycles. The minimum Gasteiger partial charge on any atom is -0.338 e. The Balaban J connectivity index is 1.59. The Morgan fingerprint density at radius 2 is 1.59 bits per heavy atom. The molecule has 2 fully saturated rings. The van der Waals surface area contributed by atoms with Crippen LogP contribution in [-0.2, 0) is 0 Å². The van der Waals surface area contributed by atoms with Gasteiger partial charge in [-0.1, -0.05) is 0 Å². The van der Waals surface area contributed by atoms with Gasteiger partial charge in [-0.15, -0.1) is 0 Å². The Hall–Kier alpha value is -0.810. The maximum atomic E-state index is 11.7. The summed E-state index contributed by atoms with van der Waals surface area (Å²) in [7, 11) is 0. The second-order valence-electron chi connectivity index (χ2n) is 5.07. The number of hydrogen-bond acceptors (Lipinski definition) is 3. The smallest absolute Gasteiger partial charge is 0.315 e. The second kappa shape index (κ2) is 6.81. The van der Waals surface area contributed by atoms with Gasteiger partial charge in [0, 0.05) is 12.6 Å². The van der Waals surface area contributed by atoms with E-state index in [1.165, 1.54) is 12.8 Å². The zero-order chi connectivity index (χ0) is 11.9. The molecule has 0 aromatic carbocycles. The first-order chi connectivity index (χ1) is 8.34. The lowest BCUT2D eigenvalue weighted by Crippen LogP contribution is -2.48. The number of amides is 2. The zero-order valence-electron chi connectivity index (χ0n) is 10.4. The number of rotatable bonds is 3. The molecule has 0 saturated carbocycles. The van der Waals surface area contributed by atoms with Gasteiger partial charge in [-0.3, -0.25) is 0 Å². The lowest BCUT2D eigenvalue weighted by Gasteiger charge is -2.26. The number of carbonyl (C=O) groups is 1. The Kier molecular flexibility index (Phi) is 5.07. The highest BCUT2D eigenvalue weighted by molar-refractivity contribution is 5.74. The summed E-state index contributed by atoms with van der Waals surface area (Å²) in [5.74, 6) is 0.648. The monoisotopic (exact) mass is 240 g/mol. The molecule has 2 amide bonds. The maximum absolute atomic E-state index is 11.7. The molecule has 2 saturated heterocycles. The summed E-state index contributed by atoms with van der Waals surface area (Å²) in [6.07, 6.45) is 4.43. The van der Waals surface area contributed by atoms with E-state index >= 15 is 0 Å². The van der Waals surface area contributed by atoms with Gasteiger partial charge in [0.25, 0.3) is 0 Å². The largest absolute Gasteiger partial charge is 0.338 e. The normalized spacial score (nSPS) is 23.3. The molecule has 98 valence electrons. The van der Waals surface area contributed by atoms with Gasteiger partial charge in [-0.2, -0.15) is 0 Å². The molecule has 0 atom stereocenters. The van der Waals surface area contributed by atoms with Crippen LogP contribution in [0.25, 0.3) is 0 Å². The van der Waals surface area contributed by atoms with Crippen molar-refractivity contribution in [3.8, 4) is 0 Å². The predicted octanol–water partition coefficient (Wildman–Crippen LogP) is 0.0372. The first-order valence-corrected chi connectivity index (χ1v) is 6.80. The van der Waals surface area contributed by atoms with E-state index in [0.717, 1.165) is 45.6 Å². The standard InChI is InChI=1S/C12H24N4O/c17-12(16-11-3-7-14-8-4-11)15-9-10-1-5-13-6-2-10/h10-11,13-14H,1-9H2,(H2,15,16,17). The van der Waals surface area contributed by atoms with Gasteiger partial charge in [-0.25, -0.2) is 4.79 Å². The first-order valence-electron chi connectivity index (χ1n) is 6.80. The average molecular weight is 240 g/mol. The number of piperidine rings is 2. The van der Waals surface area contributed by atoms with Gasteiger partial charge < -0.3 is 21.3 Å². The van der Waals surface area contributed by atoms with E-state index in [4.69, 9.17) is 0 Å². The van der Waals surface area contributed by atoms with E-state index in [0.29, 0.717) is 12.0 Å². The molecular formula is C12H24N4O. The first kappa shape index (κ1) is 12.6. The van der Waals surface area contributed by atoms with Crippen LogP contribution >= 0.6 is 0 Å². The minimum absolute atomic E-state index is 0.00966. The van der Waals surface area contributed by atoms with Crippen molar-refractivity contribution >= 4 is 6.03 Å². The highest BCUT2D eigenvalue weighted by atomic mass is 16.2. The van der Waals surface area contributed by atoms with Crippen LogP contribution in [0.2, 0.25) is 0 Å². The van der Waals surface area contributed by atoms with Gasteiger partial charge in [0.05, 0.1) is 0 Å². The van der Waals surface area contributed by atoms with Gasteiger partial charge >= 0.3 is 6.03 Å². The topological polar surface area (TPSA) is 65.2 Å². The summed E-state index contributed by atoms with van der Waals surface area (Å²) in [6, 6.07) is 0.361. The number of urea groups is 1. The Morgan fingerprint density at radius 3 is 2.24 bits per heavy atom. The molecule has 17 heavy (non-hydrogen) atoms. The predicted molar refractivity (Wildman–Crippen MR) is 68.0 cm³/mol. The van der Waals surface area contributed by atoms with E-state index < -0.39 is 0 Å². The highest BCUT2D eigenvalue weighted by Gasteiger charge is 2.17. The lowest BCUT2D eigenvalue weighted by molar-refractivity contribution is 0.229. The van der Waals surface area contributed by atoms with Crippen LogP contribution in [0.3, 0.4) is 0 Å². The molecule has 0 aliphatic carbocycles. The van der Waals surface area contributed by atoms with Crippen molar-refractivity contribution in [2.45, 2.75) is 31.7 Å². The number of carbonyl (C=O) groups excluding carboxylic acids is 1. The summed E-state index contributed by atoms with van der Waals surface area (Å²) >= 11 is 0. The van der Waals surface area contributed by atoms with Crippen LogP contribution < -0.4 is 21.3 Å². The van der Waals surface area contributed by atoms with Crippen molar-refractivity contribution < 1.29 is 4.79 Å². The fourth-order valence-electron chi connectivity index (χ4n) is 2.53. The van der Waals surface area contributed by atoms with Crippen molar-refractivity contribution in [3.63, 3.8) is 0 Å². The molecule has 2 rings (SSSR count). The van der Waals surface area contributed by atoms with E-state index in [1.54, 1.807) is 0 Å². The van der Waals surface area contributed by atoms with E-state index in [9.17, 15) is 4.79 Å². The van der Waals surface area contributed by atoms with E-state index in [2.05, 4.69) is 21.3 Å². The minimum atomic E-state index is 0.00966. The molecule has 5 nitrogen and oxygen atoms in total. The molecule has 0 bridgehead atoms. The summed E-state index contributed by atoms with van der Waals surface area (Å²) < 4.78 is 0. The number of nitrogens with one attached hydrogen (secondary N) is 4. The molecule has 4 N–H and O–H groups in total. The van der Waals surface area contributed by atoms with Crippen molar-refractivity contribution in [2.75, 3.05) is 32.7 Å². The molecule has 0 aromatic rings. The molecule has 0 aromatic heterocycles. The quantitative estimate of drug-likeness (QED) is 0.563. The van der Waals surface area contributed by atoms with Crippen molar-refractivity contribution in [1.82, 2.24) is 21.3 Å². The number of hydrogen-bond donors (Lipinski definition) is 4. The van der Waals surface area contributed by atoms with Gasteiger partial charge in [0.15, 0.2) is 0 Å². The van der Waals surface area contributed by atoms with Crippen LogP contribution in [0.5, 0.6) is 0 Å². The molecule has 5 heteroatoms. The Bertz CT molecular complexity index is 235. The lowest BCUT2D eigenvalue weighted by atomic mass is 9.98. The molecule has 2 aliphatic rings. The van der Waals surface area contributed by atoms with Gasteiger partial charge in [-0.05, 0) is 57.8 Å². The van der Waals surface area contributed by atoms with Crippen LogP contribution in [0.4, 0.5) is 4.79 Å². The molecule has 2 heterocycles. The Morgan fingerprint density at radius 1 is 1.00 bits per heavy atom. The molecular weight excluding hydrogens is 216 g/mol. The SMILES string of the molecule is O=C(NCC1CCNCC1)NC1CCNCC1. The van der Waals surface area contributed by atoms with Crippen molar-refractivity contribution in [3.05, 3.63) is 0 Å². The molecule has 0 spiro atoms. The Labute approximate surface area is 103 Å². The maximum Gasteiger partial charge on any atom is 0.315 e. The van der Waals surface area contributed by atoms with Crippen LogP contribution in [-0.4, -0.2) is 44.8 Å². The van der Waals surface area contributed by atoms with Crippen LogP contribution in [0, 0.1) is 5.92 Å². The third-order valence-electron chi connectivity index (χ3n) is 3.68. The van der Waals surface area contributed by atoms with Crippen molar-refractivity contribution in [1.29, 1.82) is 0 Å². The van der Waals surface area contributed by atoms with Gasteiger partial charge in [0.2, 0.25) is 0 Å². The highest BCUT2D eigenvalue weighted by Crippen LogP contribution is 2.09. The second-order valence-corrected chi connectivity index (χ2v) is 5.07. The summed E-state index contributed by atoms with van der Waals surface area (Å²) in [5.41, 5.74) is 0. The summed E-state index contributed by atoms with van der Waals surface area (Å²) in [5, 5.41) is 12.7. The molecule has 0 radical (unpaired) electrons. The zero-order valence-corrected chi connectivity index (χ0v) is 10.4. The van der Waals surface area contributed by atoms with Crippen LogP contribution in [0.15, 0.2) is 0 Å². The summed E-state index contributed by atoms with van der Waals surface area (Å²) in [6.45, 7) is 5.02. The summed E-state index contributed by atoms with van der Waals surface area (Å²) in [4.78, 5) is 11.7. The third kappa shape index (κ3) is 4.52. The van der Waals surface area contributed by atoms with E-state index in [-0.39, 0.29) is 6.03 Å². The molecule has 0 unspecified atom stereocenters. The fraction of sp³-hybridized carbons (Fsp3) is 0.917. The third-order valence-corrected chi connectivity index (χ3v) is 3.68. The van der Waals surface area contributed by atoms with E-state index in [1.807, 2.05) is 0 Å². The van der Waals surface area contributed by atoms with Crippen molar-refractivity contribution in [2.24, 2.45) is 5.92 Å². The fourth-order valence-corrected chi connectivity index (χ4v) is 2.53.